The Labute approximate surface area is 153 Å². The van der Waals surface area contributed by atoms with Gasteiger partial charge in [-0.05, 0) is 51.0 Å². The highest BCUT2D eigenvalue weighted by molar-refractivity contribution is 5.95. The number of piperazine rings is 1. The average molecular weight is 355 g/mol. The van der Waals surface area contributed by atoms with Crippen molar-refractivity contribution in [3.05, 3.63) is 52.5 Å². The van der Waals surface area contributed by atoms with Gasteiger partial charge in [-0.2, -0.15) is 0 Å². The van der Waals surface area contributed by atoms with Crippen molar-refractivity contribution in [1.82, 2.24) is 9.80 Å². The zero-order chi connectivity index (χ0) is 18.8. The Morgan fingerprint density at radius 2 is 1.65 bits per heavy atom. The molecule has 0 bridgehead atoms. The quantitative estimate of drug-likeness (QED) is 0.896. The van der Waals surface area contributed by atoms with Crippen LogP contribution in [0.25, 0.3) is 0 Å². The molecule has 0 saturated carbocycles. The number of hydrogen-bond acceptors (Lipinski definition) is 3. The summed E-state index contributed by atoms with van der Waals surface area (Å²) in [5, 5.41) is 2.98. The minimum Gasteiger partial charge on any atom is -0.466 e. The van der Waals surface area contributed by atoms with Gasteiger partial charge in [-0.3, -0.25) is 4.79 Å². The van der Waals surface area contributed by atoms with Crippen molar-refractivity contribution in [3.8, 4) is 0 Å². The second kappa shape index (κ2) is 7.23. The molecule has 26 heavy (non-hydrogen) atoms. The number of carbonyl (C=O) groups excluding carboxylic acids is 2. The maximum Gasteiger partial charge on any atom is 0.321 e. The van der Waals surface area contributed by atoms with Gasteiger partial charge in [0.1, 0.15) is 11.5 Å². The molecule has 1 aromatic heterocycles. The van der Waals surface area contributed by atoms with Crippen LogP contribution in [0.5, 0.6) is 0 Å². The summed E-state index contributed by atoms with van der Waals surface area (Å²) in [5.74, 6) is 1.34. The molecule has 6 nitrogen and oxygen atoms in total. The van der Waals surface area contributed by atoms with Crippen LogP contribution in [0, 0.1) is 27.7 Å². The van der Waals surface area contributed by atoms with Gasteiger partial charge in [0.2, 0.25) is 0 Å². The number of furan rings is 1. The lowest BCUT2D eigenvalue weighted by Crippen LogP contribution is -2.51. The lowest BCUT2D eigenvalue weighted by atomic mass is 10.1. The Hall–Kier alpha value is -2.76. The van der Waals surface area contributed by atoms with E-state index in [2.05, 4.69) is 5.32 Å². The number of hydrogen-bond donors (Lipinski definition) is 1. The number of aryl methyl sites for hydroxylation is 3. The van der Waals surface area contributed by atoms with Gasteiger partial charge in [0.25, 0.3) is 5.91 Å². The summed E-state index contributed by atoms with van der Waals surface area (Å²) in [7, 11) is 0. The standard InChI is InChI=1S/C20H25N3O3/c1-13-6-5-7-18(15(13)3)21-20(25)23-10-8-22(9-11-23)19(24)17-12-14(2)26-16(17)4/h5-7,12H,8-11H2,1-4H3,(H,21,25). The predicted octanol–water partition coefficient (Wildman–Crippen LogP) is 3.50. The molecule has 1 N–H and O–H groups in total. The third-order valence-corrected chi connectivity index (χ3v) is 4.97. The topological polar surface area (TPSA) is 65.8 Å². The first-order valence-corrected chi connectivity index (χ1v) is 8.85. The average Bonchev–Trinajstić information content (AvgIpc) is 2.96. The molecular weight excluding hydrogens is 330 g/mol. The number of anilines is 1. The van der Waals surface area contributed by atoms with Crippen LogP contribution in [-0.4, -0.2) is 47.9 Å². The molecule has 3 rings (SSSR count). The summed E-state index contributed by atoms with van der Waals surface area (Å²) in [6.45, 7) is 9.71. The molecule has 3 amide bonds. The Balaban J connectivity index is 1.59. The lowest BCUT2D eigenvalue weighted by molar-refractivity contribution is 0.0670. The third-order valence-electron chi connectivity index (χ3n) is 4.97. The number of nitrogens with zero attached hydrogens (tertiary/aromatic N) is 2. The Morgan fingerprint density at radius 3 is 2.27 bits per heavy atom. The Bertz CT molecular complexity index is 833. The number of nitrogens with one attached hydrogen (secondary N) is 1. The van der Waals surface area contributed by atoms with Gasteiger partial charge < -0.3 is 19.5 Å². The molecule has 6 heteroatoms. The molecule has 0 radical (unpaired) electrons. The van der Waals surface area contributed by atoms with Crippen molar-refractivity contribution >= 4 is 17.6 Å². The highest BCUT2D eigenvalue weighted by Crippen LogP contribution is 2.20. The van der Waals surface area contributed by atoms with Crippen molar-refractivity contribution in [1.29, 1.82) is 0 Å². The zero-order valence-electron chi connectivity index (χ0n) is 15.8. The molecule has 2 aromatic rings. The van der Waals surface area contributed by atoms with Crippen molar-refractivity contribution in [3.63, 3.8) is 0 Å². The highest BCUT2D eigenvalue weighted by atomic mass is 16.3. The highest BCUT2D eigenvalue weighted by Gasteiger charge is 2.27. The fourth-order valence-corrected chi connectivity index (χ4v) is 3.21. The van der Waals surface area contributed by atoms with Gasteiger partial charge in [0.05, 0.1) is 5.56 Å². The monoisotopic (exact) mass is 355 g/mol. The second-order valence-electron chi connectivity index (χ2n) is 6.78. The summed E-state index contributed by atoms with van der Waals surface area (Å²) in [6.07, 6.45) is 0. The minimum absolute atomic E-state index is 0.0334. The van der Waals surface area contributed by atoms with Gasteiger partial charge >= 0.3 is 6.03 Å². The van der Waals surface area contributed by atoms with Crippen molar-refractivity contribution in [2.75, 3.05) is 31.5 Å². The van der Waals surface area contributed by atoms with Gasteiger partial charge in [-0.25, -0.2) is 4.79 Å². The van der Waals surface area contributed by atoms with Crippen LogP contribution in [0.3, 0.4) is 0 Å². The second-order valence-corrected chi connectivity index (χ2v) is 6.78. The van der Waals surface area contributed by atoms with Gasteiger partial charge in [-0.1, -0.05) is 12.1 Å². The number of amides is 3. The van der Waals surface area contributed by atoms with Crippen molar-refractivity contribution in [2.45, 2.75) is 27.7 Å². The third kappa shape index (κ3) is 3.59. The van der Waals surface area contributed by atoms with E-state index in [0.29, 0.717) is 37.5 Å². The van der Waals surface area contributed by atoms with E-state index in [0.717, 1.165) is 22.6 Å². The first kappa shape index (κ1) is 18.0. The van der Waals surface area contributed by atoms with Crippen LogP contribution in [0.2, 0.25) is 0 Å². The number of rotatable bonds is 2. The smallest absolute Gasteiger partial charge is 0.321 e. The minimum atomic E-state index is -0.124. The lowest BCUT2D eigenvalue weighted by Gasteiger charge is -2.34. The number of urea groups is 1. The Morgan fingerprint density at radius 1 is 1.00 bits per heavy atom. The summed E-state index contributed by atoms with van der Waals surface area (Å²) < 4.78 is 5.45. The van der Waals surface area contributed by atoms with Crippen molar-refractivity contribution in [2.24, 2.45) is 0 Å². The van der Waals surface area contributed by atoms with Gasteiger partial charge in [0, 0.05) is 31.9 Å². The van der Waals surface area contributed by atoms with Crippen LogP contribution in [0.4, 0.5) is 10.5 Å². The summed E-state index contributed by atoms with van der Waals surface area (Å²) in [4.78, 5) is 28.7. The van der Waals surface area contributed by atoms with E-state index in [1.807, 2.05) is 39.0 Å². The normalized spacial score (nSPS) is 14.5. The summed E-state index contributed by atoms with van der Waals surface area (Å²) >= 11 is 0. The van der Waals surface area contributed by atoms with E-state index in [1.165, 1.54) is 0 Å². The first-order chi connectivity index (χ1) is 12.4. The molecule has 0 atom stereocenters. The molecule has 1 fully saturated rings. The SMILES string of the molecule is Cc1cc(C(=O)N2CCN(C(=O)Nc3cccc(C)c3C)CC2)c(C)o1. The maximum atomic E-state index is 12.6. The van der Waals surface area contributed by atoms with E-state index in [4.69, 9.17) is 4.42 Å². The molecule has 0 unspecified atom stereocenters. The predicted molar refractivity (Wildman–Crippen MR) is 101 cm³/mol. The maximum absolute atomic E-state index is 12.6. The number of carbonyl (C=O) groups is 2. The van der Waals surface area contributed by atoms with Crippen LogP contribution >= 0.6 is 0 Å². The van der Waals surface area contributed by atoms with E-state index in [1.54, 1.807) is 22.8 Å². The van der Waals surface area contributed by atoms with Crippen LogP contribution < -0.4 is 5.32 Å². The molecule has 2 heterocycles. The van der Waals surface area contributed by atoms with Crippen LogP contribution in [-0.2, 0) is 0 Å². The molecule has 1 aliphatic heterocycles. The molecular formula is C20H25N3O3. The fourth-order valence-electron chi connectivity index (χ4n) is 3.21. The van der Waals surface area contributed by atoms with E-state index in [-0.39, 0.29) is 11.9 Å². The van der Waals surface area contributed by atoms with E-state index < -0.39 is 0 Å². The fraction of sp³-hybridized carbons (Fsp3) is 0.400. The molecule has 1 aliphatic rings. The summed E-state index contributed by atoms with van der Waals surface area (Å²) in [6, 6.07) is 7.51. The van der Waals surface area contributed by atoms with Crippen LogP contribution in [0.15, 0.2) is 28.7 Å². The van der Waals surface area contributed by atoms with Gasteiger partial charge in [-0.15, -0.1) is 0 Å². The largest absolute Gasteiger partial charge is 0.466 e. The first-order valence-electron chi connectivity index (χ1n) is 8.85. The zero-order valence-corrected chi connectivity index (χ0v) is 15.8. The van der Waals surface area contributed by atoms with Crippen molar-refractivity contribution < 1.29 is 14.0 Å². The Kier molecular flexibility index (Phi) is 5.02. The molecule has 1 aromatic carbocycles. The van der Waals surface area contributed by atoms with E-state index in [9.17, 15) is 9.59 Å². The number of benzene rings is 1. The van der Waals surface area contributed by atoms with E-state index >= 15 is 0 Å². The molecule has 0 spiro atoms. The molecule has 138 valence electrons. The molecule has 0 aliphatic carbocycles. The van der Waals surface area contributed by atoms with Gasteiger partial charge in [0.15, 0.2) is 0 Å². The van der Waals surface area contributed by atoms with Crippen LogP contribution in [0.1, 0.15) is 33.0 Å². The molecule has 1 saturated heterocycles. The summed E-state index contributed by atoms with van der Waals surface area (Å²) in [5.41, 5.74) is 3.65.